The maximum Gasteiger partial charge on any atom is 0.293 e. The molecule has 1 aromatic heterocycles. The average Bonchev–Trinajstić information content (AvgIpc) is 3.08. The summed E-state index contributed by atoms with van der Waals surface area (Å²) in [5.41, 5.74) is 0.833. The fraction of sp³-hybridized carbons (Fsp3) is 0.550. The Balaban J connectivity index is 1.54. The number of halogens is 1. The Morgan fingerprint density at radius 1 is 1.25 bits per heavy atom. The number of ether oxygens (including phenoxy) is 1. The lowest BCUT2D eigenvalue weighted by Crippen LogP contribution is -2.57. The minimum atomic E-state index is -0.114. The second-order valence-corrected chi connectivity index (χ2v) is 8.21. The van der Waals surface area contributed by atoms with Gasteiger partial charge in [-0.1, -0.05) is 11.6 Å². The molecule has 1 amide bonds. The Morgan fingerprint density at radius 2 is 2.00 bits per heavy atom. The molecule has 2 heterocycles. The first-order chi connectivity index (χ1) is 13.4. The van der Waals surface area contributed by atoms with Gasteiger partial charge >= 0.3 is 0 Å². The first-order valence-corrected chi connectivity index (χ1v) is 10.1. The smallest absolute Gasteiger partial charge is 0.293 e. The molecule has 2 aromatic rings. The molecule has 28 heavy (non-hydrogen) atoms. The quantitative estimate of drug-likeness (QED) is 0.788. The summed E-state index contributed by atoms with van der Waals surface area (Å²) in [6.45, 7) is 2.99. The molecule has 1 saturated carbocycles. The van der Waals surface area contributed by atoms with E-state index in [2.05, 4.69) is 29.1 Å². The largest absolute Gasteiger partial charge is 0.374 e. The van der Waals surface area contributed by atoms with Crippen molar-refractivity contribution in [3.63, 3.8) is 0 Å². The third-order valence-electron chi connectivity index (χ3n) is 5.82. The predicted molar refractivity (Wildman–Crippen MR) is 107 cm³/mol. The van der Waals surface area contributed by atoms with Gasteiger partial charge in [-0.3, -0.25) is 4.79 Å². The van der Waals surface area contributed by atoms with Gasteiger partial charge in [-0.25, -0.2) is 9.67 Å². The molecule has 2 fully saturated rings. The fourth-order valence-electron chi connectivity index (χ4n) is 4.25. The summed E-state index contributed by atoms with van der Waals surface area (Å²) in [7, 11) is 4.21. The number of morpholine rings is 1. The minimum absolute atomic E-state index is 0.0818. The summed E-state index contributed by atoms with van der Waals surface area (Å²) in [5, 5.41) is 5.15. The lowest BCUT2D eigenvalue weighted by Gasteiger charge is -2.46. The van der Waals surface area contributed by atoms with Crippen molar-refractivity contribution in [3.8, 4) is 5.69 Å². The van der Waals surface area contributed by atoms with Crippen molar-refractivity contribution in [1.82, 2.24) is 24.6 Å². The van der Waals surface area contributed by atoms with E-state index in [0.717, 1.165) is 24.9 Å². The zero-order chi connectivity index (χ0) is 19.8. The first kappa shape index (κ1) is 19.4. The predicted octanol–water partition coefficient (Wildman–Crippen LogP) is 2.55. The SMILES string of the molecule is Cc1nc(C(=O)N2CCO[C@@H]3C[C@H](N(C)C)CC[C@H]32)nn1-c1ccc(Cl)cc1. The number of rotatable bonds is 3. The molecule has 3 atom stereocenters. The maximum absolute atomic E-state index is 13.2. The average molecular weight is 404 g/mol. The number of aryl methyl sites for hydroxylation is 1. The number of aromatic nitrogens is 3. The highest BCUT2D eigenvalue weighted by Gasteiger charge is 2.41. The monoisotopic (exact) mass is 403 g/mol. The van der Waals surface area contributed by atoms with Crippen molar-refractivity contribution in [2.45, 2.75) is 44.4 Å². The molecule has 150 valence electrons. The van der Waals surface area contributed by atoms with E-state index in [9.17, 15) is 4.79 Å². The summed E-state index contributed by atoms with van der Waals surface area (Å²) in [4.78, 5) is 21.8. The highest BCUT2D eigenvalue weighted by molar-refractivity contribution is 6.30. The van der Waals surface area contributed by atoms with Crippen LogP contribution in [0.2, 0.25) is 5.02 Å². The Labute approximate surface area is 170 Å². The summed E-state index contributed by atoms with van der Waals surface area (Å²) in [6, 6.07) is 7.93. The lowest BCUT2D eigenvalue weighted by molar-refractivity contribution is -0.0879. The molecule has 7 nitrogen and oxygen atoms in total. The van der Waals surface area contributed by atoms with Crippen LogP contribution in [-0.4, -0.2) is 75.9 Å². The molecule has 4 rings (SSSR count). The Hall–Kier alpha value is -1.96. The second kappa shape index (κ2) is 7.81. The second-order valence-electron chi connectivity index (χ2n) is 7.78. The number of hydrogen-bond acceptors (Lipinski definition) is 5. The number of fused-ring (bicyclic) bond motifs is 1. The van der Waals surface area contributed by atoms with Gasteiger partial charge in [0.25, 0.3) is 5.91 Å². The molecular weight excluding hydrogens is 378 g/mol. The third kappa shape index (κ3) is 3.66. The van der Waals surface area contributed by atoms with Gasteiger partial charge in [0, 0.05) is 17.6 Å². The zero-order valence-corrected chi connectivity index (χ0v) is 17.3. The van der Waals surface area contributed by atoms with Crippen LogP contribution in [0.3, 0.4) is 0 Å². The Bertz CT molecular complexity index is 851. The summed E-state index contributed by atoms with van der Waals surface area (Å²) >= 11 is 5.97. The van der Waals surface area contributed by atoms with Crippen LogP contribution < -0.4 is 0 Å². The van der Waals surface area contributed by atoms with E-state index in [1.807, 2.05) is 24.0 Å². The van der Waals surface area contributed by atoms with Crippen molar-refractivity contribution >= 4 is 17.5 Å². The molecule has 1 saturated heterocycles. The number of carbonyl (C=O) groups excluding carboxylic acids is 1. The zero-order valence-electron chi connectivity index (χ0n) is 16.5. The molecule has 0 N–H and O–H groups in total. The van der Waals surface area contributed by atoms with Crippen LogP contribution in [-0.2, 0) is 4.74 Å². The van der Waals surface area contributed by atoms with Gasteiger partial charge in [0.1, 0.15) is 5.82 Å². The van der Waals surface area contributed by atoms with Gasteiger partial charge in [0.05, 0.1) is 24.4 Å². The summed E-state index contributed by atoms with van der Waals surface area (Å²) in [6.07, 6.45) is 3.04. The van der Waals surface area contributed by atoms with Crippen molar-refractivity contribution < 1.29 is 9.53 Å². The van der Waals surface area contributed by atoms with Crippen LogP contribution in [0.1, 0.15) is 35.7 Å². The Morgan fingerprint density at radius 3 is 2.71 bits per heavy atom. The normalized spacial score (nSPS) is 25.0. The van der Waals surface area contributed by atoms with E-state index in [0.29, 0.717) is 30.0 Å². The Kier molecular flexibility index (Phi) is 5.40. The van der Waals surface area contributed by atoms with Crippen LogP contribution in [0.4, 0.5) is 0 Å². The van der Waals surface area contributed by atoms with E-state index < -0.39 is 0 Å². The van der Waals surface area contributed by atoms with E-state index >= 15 is 0 Å². The summed E-state index contributed by atoms with van der Waals surface area (Å²) in [5.74, 6) is 0.798. The molecule has 0 unspecified atom stereocenters. The van der Waals surface area contributed by atoms with Crippen molar-refractivity contribution in [1.29, 1.82) is 0 Å². The highest BCUT2D eigenvalue weighted by Crippen LogP contribution is 2.31. The van der Waals surface area contributed by atoms with Crippen molar-refractivity contribution in [3.05, 3.63) is 40.9 Å². The molecule has 0 spiro atoms. The molecule has 0 bridgehead atoms. The first-order valence-electron chi connectivity index (χ1n) is 9.72. The van der Waals surface area contributed by atoms with E-state index in [1.54, 1.807) is 16.8 Å². The van der Waals surface area contributed by atoms with Gasteiger partial charge < -0.3 is 14.5 Å². The molecule has 2 aliphatic rings. The van der Waals surface area contributed by atoms with Crippen molar-refractivity contribution in [2.24, 2.45) is 0 Å². The van der Waals surface area contributed by atoms with E-state index in [-0.39, 0.29) is 23.9 Å². The molecule has 8 heteroatoms. The van der Waals surface area contributed by atoms with Gasteiger partial charge in [-0.15, -0.1) is 5.10 Å². The molecule has 0 radical (unpaired) electrons. The maximum atomic E-state index is 13.2. The number of benzene rings is 1. The number of hydrogen-bond donors (Lipinski definition) is 0. The van der Waals surface area contributed by atoms with Gasteiger partial charge in [-0.05, 0) is 64.5 Å². The van der Waals surface area contributed by atoms with Crippen LogP contribution in [0.5, 0.6) is 0 Å². The van der Waals surface area contributed by atoms with Crippen LogP contribution in [0.15, 0.2) is 24.3 Å². The lowest BCUT2D eigenvalue weighted by atomic mass is 9.86. The van der Waals surface area contributed by atoms with E-state index in [1.165, 1.54) is 0 Å². The molecule has 1 aromatic carbocycles. The highest BCUT2D eigenvalue weighted by atomic mass is 35.5. The van der Waals surface area contributed by atoms with E-state index in [4.69, 9.17) is 16.3 Å². The van der Waals surface area contributed by atoms with Gasteiger partial charge in [0.2, 0.25) is 5.82 Å². The summed E-state index contributed by atoms with van der Waals surface area (Å²) < 4.78 is 7.69. The van der Waals surface area contributed by atoms with Crippen molar-refractivity contribution in [2.75, 3.05) is 27.2 Å². The van der Waals surface area contributed by atoms with Gasteiger partial charge in [-0.2, -0.15) is 0 Å². The fourth-order valence-corrected chi connectivity index (χ4v) is 4.38. The van der Waals surface area contributed by atoms with Crippen LogP contribution >= 0.6 is 11.6 Å². The minimum Gasteiger partial charge on any atom is -0.374 e. The number of amides is 1. The molecular formula is C20H26ClN5O2. The molecule has 1 aliphatic carbocycles. The topological polar surface area (TPSA) is 63.5 Å². The van der Waals surface area contributed by atoms with Crippen LogP contribution in [0.25, 0.3) is 5.69 Å². The molecule has 1 aliphatic heterocycles. The van der Waals surface area contributed by atoms with Crippen LogP contribution in [0, 0.1) is 6.92 Å². The number of nitrogens with zero attached hydrogens (tertiary/aromatic N) is 5. The standard InChI is InChI=1S/C20H26ClN5O2/c1-13-22-19(23-26(13)15-6-4-14(21)5-7-15)20(27)25-10-11-28-18-12-16(24(2)3)8-9-17(18)25/h4-7,16-18H,8-12H2,1-3H3/t16-,17-,18-/m1/s1. The van der Waals surface area contributed by atoms with Gasteiger partial charge in [0.15, 0.2) is 0 Å². The third-order valence-corrected chi connectivity index (χ3v) is 6.07. The number of carbonyl (C=O) groups is 1.